The zero-order chi connectivity index (χ0) is 27.6. The smallest absolute Gasteiger partial charge is 0.227 e. The van der Waals surface area contributed by atoms with Crippen molar-refractivity contribution >= 4 is 34.0 Å². The Hall–Kier alpha value is -3.92. The number of ether oxygens (including phenoxy) is 1. The molecular weight excluding hydrogens is 483 g/mol. The molecule has 0 saturated heterocycles. The molecule has 0 spiro atoms. The first-order valence-corrected chi connectivity index (χ1v) is 12.8. The van der Waals surface area contributed by atoms with Gasteiger partial charge in [0.05, 0.1) is 34.9 Å². The summed E-state index contributed by atoms with van der Waals surface area (Å²) in [5, 5.41) is 3.24. The number of hydrogen-bond acceptors (Lipinski definition) is 8. The van der Waals surface area contributed by atoms with Crippen LogP contribution in [0.1, 0.15) is 32.6 Å². The van der Waals surface area contributed by atoms with Crippen molar-refractivity contribution in [2.45, 2.75) is 33.7 Å². The summed E-state index contributed by atoms with van der Waals surface area (Å²) in [6.07, 6.45) is 1.64. The molecule has 0 atom stereocenters. The topological polar surface area (TPSA) is 97.4 Å². The Balaban J connectivity index is 1.68. The normalized spacial score (nSPS) is 11.5. The van der Waals surface area contributed by atoms with Crippen LogP contribution in [0.4, 0.5) is 27.4 Å². The van der Waals surface area contributed by atoms with E-state index in [2.05, 4.69) is 43.9 Å². The zero-order valence-corrected chi connectivity index (χ0v) is 23.2. The van der Waals surface area contributed by atoms with Gasteiger partial charge in [0.2, 0.25) is 5.95 Å². The molecule has 0 amide bonds. The lowest BCUT2D eigenvalue weighted by atomic mass is 10.1. The number of benzene rings is 2. The number of nitrogens with two attached hydrogens (primary N) is 1. The summed E-state index contributed by atoms with van der Waals surface area (Å²) < 4.78 is 23.0. The number of fused-ring (bicyclic) bond motifs is 1. The fourth-order valence-corrected chi connectivity index (χ4v) is 4.53. The molecule has 9 nitrogen and oxygen atoms in total. The highest BCUT2D eigenvalue weighted by Gasteiger charge is 2.17. The van der Waals surface area contributed by atoms with Crippen molar-refractivity contribution in [3.05, 3.63) is 48.2 Å². The molecule has 3 N–H and O–H groups in total. The van der Waals surface area contributed by atoms with Crippen molar-refractivity contribution in [2.24, 2.45) is 0 Å². The number of hydrogen-bond donors (Lipinski definition) is 2. The standard InChI is InChI=1S/C28H37FN8O/c1-8-38-26-16-24(36(7)12-11-35(5)6)21(30)15-23(26)34-28-31-10-9-22(33-28)19-13-20(29)27-25(14-19)37(17(2)3)18(4)32-27/h9-10,13-17H,8,11-12,30H2,1-7H3,(H,31,33,34). The number of likely N-dealkylation sites (N-methyl/N-ethyl adjacent to an activating group) is 2. The maximum Gasteiger partial charge on any atom is 0.227 e. The fraction of sp³-hybridized carbons (Fsp3) is 0.393. The second-order valence-corrected chi connectivity index (χ2v) is 9.90. The van der Waals surface area contributed by atoms with Crippen LogP contribution in [0.3, 0.4) is 0 Å². The molecule has 10 heteroatoms. The van der Waals surface area contributed by atoms with Crippen molar-refractivity contribution < 1.29 is 9.13 Å². The molecule has 4 aromatic rings. The summed E-state index contributed by atoms with van der Waals surface area (Å²) in [6, 6.07) is 9.05. The molecule has 0 bridgehead atoms. The van der Waals surface area contributed by atoms with E-state index < -0.39 is 0 Å². The minimum absolute atomic E-state index is 0.143. The van der Waals surface area contributed by atoms with Gasteiger partial charge in [-0.25, -0.2) is 19.3 Å². The van der Waals surface area contributed by atoms with E-state index in [9.17, 15) is 0 Å². The molecule has 202 valence electrons. The molecule has 0 unspecified atom stereocenters. The number of imidazole rings is 1. The number of aromatic nitrogens is 4. The zero-order valence-electron chi connectivity index (χ0n) is 23.2. The lowest BCUT2D eigenvalue weighted by molar-refractivity contribution is 0.342. The van der Waals surface area contributed by atoms with Gasteiger partial charge in [0.15, 0.2) is 5.82 Å². The summed E-state index contributed by atoms with van der Waals surface area (Å²) in [5.74, 6) is 1.39. The third-order valence-corrected chi connectivity index (χ3v) is 6.36. The van der Waals surface area contributed by atoms with Gasteiger partial charge in [0, 0.05) is 44.0 Å². The van der Waals surface area contributed by atoms with Crippen LogP contribution in [-0.4, -0.2) is 65.3 Å². The summed E-state index contributed by atoms with van der Waals surface area (Å²) in [6.45, 7) is 10.1. The molecule has 2 aromatic heterocycles. The van der Waals surface area contributed by atoms with Crippen LogP contribution in [0.5, 0.6) is 5.75 Å². The van der Waals surface area contributed by atoms with E-state index in [1.165, 1.54) is 6.07 Å². The van der Waals surface area contributed by atoms with Crippen LogP contribution in [0.25, 0.3) is 22.3 Å². The Morgan fingerprint density at radius 1 is 1.11 bits per heavy atom. The van der Waals surface area contributed by atoms with Crippen molar-refractivity contribution in [1.29, 1.82) is 0 Å². The lowest BCUT2D eigenvalue weighted by Crippen LogP contribution is -2.29. The van der Waals surface area contributed by atoms with E-state index >= 15 is 4.39 Å². The van der Waals surface area contributed by atoms with Crippen LogP contribution < -0.4 is 20.7 Å². The number of nitrogens with one attached hydrogen (secondary N) is 1. The summed E-state index contributed by atoms with van der Waals surface area (Å²) >= 11 is 0. The van der Waals surface area contributed by atoms with Gasteiger partial charge >= 0.3 is 0 Å². The van der Waals surface area contributed by atoms with Gasteiger partial charge in [-0.15, -0.1) is 0 Å². The Morgan fingerprint density at radius 2 is 1.87 bits per heavy atom. The summed E-state index contributed by atoms with van der Waals surface area (Å²) in [4.78, 5) is 17.7. The maximum absolute atomic E-state index is 15.0. The monoisotopic (exact) mass is 520 g/mol. The van der Waals surface area contributed by atoms with Crippen molar-refractivity contribution in [1.82, 2.24) is 24.4 Å². The second-order valence-electron chi connectivity index (χ2n) is 9.90. The van der Waals surface area contributed by atoms with Gasteiger partial charge < -0.3 is 30.2 Å². The van der Waals surface area contributed by atoms with E-state index in [1.54, 1.807) is 12.3 Å². The first kappa shape index (κ1) is 27.1. The van der Waals surface area contributed by atoms with Gasteiger partial charge in [0.25, 0.3) is 0 Å². The highest BCUT2D eigenvalue weighted by atomic mass is 19.1. The third-order valence-electron chi connectivity index (χ3n) is 6.36. The van der Waals surface area contributed by atoms with Crippen molar-refractivity contribution in [2.75, 3.05) is 56.8 Å². The Bertz CT molecular complexity index is 1430. The Kier molecular flexibility index (Phi) is 8.01. The average Bonchev–Trinajstić information content (AvgIpc) is 3.21. The Labute approximate surface area is 223 Å². The SMILES string of the molecule is CCOc1cc(N(C)CCN(C)C)c(N)cc1Nc1nccc(-c2cc(F)c3nc(C)n(C(C)C)c3c2)n1. The number of nitrogens with zero attached hydrogens (tertiary/aromatic N) is 6. The summed E-state index contributed by atoms with van der Waals surface area (Å²) in [5.41, 5.74) is 10.9. The van der Waals surface area contributed by atoms with Gasteiger partial charge in [-0.1, -0.05) is 0 Å². The number of nitrogen functional groups attached to an aromatic ring is 1. The molecule has 2 aromatic carbocycles. The molecule has 4 rings (SSSR count). The van der Waals surface area contributed by atoms with Gasteiger partial charge in [-0.05, 0) is 66.1 Å². The minimum atomic E-state index is -0.381. The van der Waals surface area contributed by atoms with Crippen molar-refractivity contribution in [3.63, 3.8) is 0 Å². The van der Waals surface area contributed by atoms with Gasteiger partial charge in [-0.3, -0.25) is 0 Å². The largest absolute Gasteiger partial charge is 0.492 e. The molecule has 0 radical (unpaired) electrons. The van der Waals surface area contributed by atoms with E-state index in [-0.39, 0.29) is 11.9 Å². The van der Waals surface area contributed by atoms with Gasteiger partial charge in [-0.2, -0.15) is 0 Å². The number of rotatable bonds is 10. The van der Waals surface area contributed by atoms with Crippen molar-refractivity contribution in [3.8, 4) is 17.0 Å². The molecule has 0 fully saturated rings. The lowest BCUT2D eigenvalue weighted by Gasteiger charge is -2.24. The summed E-state index contributed by atoms with van der Waals surface area (Å²) in [7, 11) is 6.08. The number of aryl methyl sites for hydroxylation is 1. The molecule has 0 aliphatic rings. The second kappa shape index (κ2) is 11.2. The fourth-order valence-electron chi connectivity index (χ4n) is 4.53. The first-order valence-electron chi connectivity index (χ1n) is 12.8. The molecule has 0 aliphatic heterocycles. The molecule has 0 aliphatic carbocycles. The quantitative estimate of drug-likeness (QED) is 0.274. The van der Waals surface area contributed by atoms with E-state index in [1.807, 2.05) is 57.8 Å². The first-order chi connectivity index (χ1) is 18.1. The highest BCUT2D eigenvalue weighted by Crippen LogP contribution is 2.37. The van der Waals surface area contributed by atoms with E-state index in [4.69, 9.17) is 10.5 Å². The van der Waals surface area contributed by atoms with Crippen LogP contribution in [0.2, 0.25) is 0 Å². The van der Waals surface area contributed by atoms with Crippen LogP contribution in [0.15, 0.2) is 36.5 Å². The van der Waals surface area contributed by atoms with Crippen LogP contribution >= 0.6 is 0 Å². The van der Waals surface area contributed by atoms with Gasteiger partial charge in [0.1, 0.15) is 17.1 Å². The molecule has 2 heterocycles. The molecule has 38 heavy (non-hydrogen) atoms. The van der Waals surface area contributed by atoms with E-state index in [0.717, 1.165) is 30.1 Å². The Morgan fingerprint density at radius 3 is 2.55 bits per heavy atom. The molecular formula is C28H37FN8O. The average molecular weight is 521 g/mol. The van der Waals surface area contributed by atoms with Crippen LogP contribution in [-0.2, 0) is 0 Å². The number of anilines is 4. The van der Waals surface area contributed by atoms with E-state index in [0.29, 0.717) is 46.5 Å². The third kappa shape index (κ3) is 5.65. The highest BCUT2D eigenvalue weighted by molar-refractivity contribution is 5.83. The predicted molar refractivity (Wildman–Crippen MR) is 153 cm³/mol. The predicted octanol–water partition coefficient (Wildman–Crippen LogP) is 5.24. The minimum Gasteiger partial charge on any atom is -0.492 e. The maximum atomic E-state index is 15.0. The molecule has 0 saturated carbocycles. The van der Waals surface area contributed by atoms with Crippen LogP contribution in [0, 0.1) is 12.7 Å². The number of halogens is 1.